The minimum absolute atomic E-state index is 0.0320. The van der Waals surface area contributed by atoms with Crippen molar-refractivity contribution in [2.75, 3.05) is 19.9 Å². The molecule has 1 saturated heterocycles. The summed E-state index contributed by atoms with van der Waals surface area (Å²) in [6.45, 7) is 10.8. The highest BCUT2D eigenvalue weighted by Crippen LogP contribution is 2.55. The normalized spacial score (nSPS) is 26.9. The largest absolute Gasteiger partial charge is 0.463 e. The van der Waals surface area contributed by atoms with Crippen molar-refractivity contribution in [3.05, 3.63) is 34.9 Å². The van der Waals surface area contributed by atoms with Crippen molar-refractivity contribution in [1.82, 2.24) is 4.90 Å². The predicted molar refractivity (Wildman–Crippen MR) is 147 cm³/mol. The first kappa shape index (κ1) is 28.9. The molecule has 0 bridgehead atoms. The van der Waals surface area contributed by atoms with Crippen molar-refractivity contribution in [2.24, 2.45) is 0 Å². The van der Waals surface area contributed by atoms with Crippen LogP contribution < -0.4 is 9.47 Å². The highest BCUT2D eigenvalue weighted by molar-refractivity contribution is 5.86. The summed E-state index contributed by atoms with van der Waals surface area (Å²) in [6.07, 6.45) is 4.22. The fourth-order valence-corrected chi connectivity index (χ4v) is 7.05. The average Bonchev–Trinajstić information content (AvgIpc) is 3.51. The fourth-order valence-electron chi connectivity index (χ4n) is 7.05. The number of esters is 2. The third kappa shape index (κ3) is 5.48. The van der Waals surface area contributed by atoms with Crippen LogP contribution in [-0.2, 0) is 25.5 Å². The predicted octanol–water partition coefficient (Wildman–Crippen LogP) is 3.78. The number of rotatable bonds is 9. The van der Waals surface area contributed by atoms with Crippen LogP contribution in [0.5, 0.6) is 11.5 Å². The standard InChI is InChI=1S/C31H43NO8/c1-19(2)39-25(33)17-31(36,11-6-9-29(4,5)35)28(34)40-27-20(3)16-30-10-7-12-32(30)13-8-21-14-23-24(38-18-37-23)15-22(21)26(27)30/h14-16,19,26-27,35-36H,6-13,17-18H2,1-5H3/t26-,27?,30-,31-/m1/s1. The van der Waals surface area contributed by atoms with Gasteiger partial charge in [0.2, 0.25) is 6.79 Å². The van der Waals surface area contributed by atoms with Crippen LogP contribution in [0.25, 0.3) is 0 Å². The molecule has 1 spiro atoms. The summed E-state index contributed by atoms with van der Waals surface area (Å²) in [5, 5.41) is 21.8. The van der Waals surface area contributed by atoms with E-state index in [0.29, 0.717) is 18.6 Å². The van der Waals surface area contributed by atoms with E-state index in [1.807, 2.05) is 13.0 Å². The monoisotopic (exact) mass is 557 g/mol. The summed E-state index contributed by atoms with van der Waals surface area (Å²) in [5.74, 6) is -0.267. The van der Waals surface area contributed by atoms with Crippen molar-refractivity contribution in [1.29, 1.82) is 0 Å². The Balaban J connectivity index is 1.47. The fraction of sp³-hybridized carbons (Fsp3) is 0.677. The molecule has 0 aromatic heterocycles. The van der Waals surface area contributed by atoms with Gasteiger partial charge in [0.1, 0.15) is 6.10 Å². The first-order valence-corrected chi connectivity index (χ1v) is 14.5. The number of aliphatic hydroxyl groups is 2. The molecule has 1 unspecified atom stereocenters. The molecule has 220 valence electrons. The van der Waals surface area contributed by atoms with Gasteiger partial charge in [0, 0.05) is 12.5 Å². The Morgan fingerprint density at radius 2 is 1.88 bits per heavy atom. The highest BCUT2D eigenvalue weighted by Gasteiger charge is 2.57. The molecule has 4 atom stereocenters. The zero-order valence-electron chi connectivity index (χ0n) is 24.3. The van der Waals surface area contributed by atoms with E-state index in [9.17, 15) is 19.8 Å². The zero-order valence-corrected chi connectivity index (χ0v) is 24.3. The molecule has 9 nitrogen and oxygen atoms in total. The molecule has 1 aromatic carbocycles. The van der Waals surface area contributed by atoms with Crippen molar-refractivity contribution >= 4 is 11.9 Å². The van der Waals surface area contributed by atoms with Crippen LogP contribution in [0.2, 0.25) is 0 Å². The van der Waals surface area contributed by atoms with E-state index in [1.165, 1.54) is 0 Å². The summed E-state index contributed by atoms with van der Waals surface area (Å²) in [4.78, 5) is 29.0. The Kier molecular flexibility index (Phi) is 7.70. The van der Waals surface area contributed by atoms with E-state index in [2.05, 4.69) is 17.0 Å². The molecule has 4 aliphatic rings. The van der Waals surface area contributed by atoms with E-state index in [-0.39, 0.29) is 30.8 Å². The zero-order chi connectivity index (χ0) is 28.9. The second kappa shape index (κ2) is 10.7. The third-order valence-electron chi connectivity index (χ3n) is 8.78. The van der Waals surface area contributed by atoms with Crippen molar-refractivity contribution in [3.63, 3.8) is 0 Å². The molecule has 0 radical (unpaired) electrons. The van der Waals surface area contributed by atoms with Gasteiger partial charge in [-0.2, -0.15) is 0 Å². The molecule has 0 amide bonds. The molecule has 3 heterocycles. The molecular weight excluding hydrogens is 514 g/mol. The van der Waals surface area contributed by atoms with E-state index >= 15 is 0 Å². The van der Waals surface area contributed by atoms with Gasteiger partial charge in [-0.25, -0.2) is 4.79 Å². The lowest BCUT2D eigenvalue weighted by atomic mass is 9.77. The number of nitrogens with zero attached hydrogens (tertiary/aromatic N) is 1. The molecule has 3 aliphatic heterocycles. The topological polar surface area (TPSA) is 115 Å². The minimum Gasteiger partial charge on any atom is -0.463 e. The van der Waals surface area contributed by atoms with Gasteiger partial charge in [-0.05, 0) is 109 Å². The average molecular weight is 558 g/mol. The molecule has 1 fully saturated rings. The lowest BCUT2D eigenvalue weighted by Crippen LogP contribution is -2.49. The van der Waals surface area contributed by atoms with Gasteiger partial charge in [-0.15, -0.1) is 0 Å². The number of carbonyl (C=O) groups excluding carboxylic acids is 2. The molecule has 1 aliphatic carbocycles. The number of ether oxygens (including phenoxy) is 4. The van der Waals surface area contributed by atoms with Gasteiger partial charge in [0.15, 0.2) is 17.1 Å². The van der Waals surface area contributed by atoms with Gasteiger partial charge in [-0.1, -0.05) is 6.08 Å². The highest BCUT2D eigenvalue weighted by atomic mass is 16.7. The number of benzene rings is 1. The summed E-state index contributed by atoms with van der Waals surface area (Å²) < 4.78 is 22.9. The first-order chi connectivity index (χ1) is 18.8. The van der Waals surface area contributed by atoms with Gasteiger partial charge < -0.3 is 29.2 Å². The minimum atomic E-state index is -2.08. The Morgan fingerprint density at radius 3 is 2.58 bits per heavy atom. The summed E-state index contributed by atoms with van der Waals surface area (Å²) in [7, 11) is 0. The van der Waals surface area contributed by atoms with E-state index in [4.69, 9.17) is 18.9 Å². The van der Waals surface area contributed by atoms with E-state index in [1.54, 1.807) is 27.7 Å². The summed E-state index contributed by atoms with van der Waals surface area (Å²) >= 11 is 0. The van der Waals surface area contributed by atoms with Crippen LogP contribution in [0.15, 0.2) is 23.8 Å². The van der Waals surface area contributed by atoms with Crippen LogP contribution in [0.3, 0.4) is 0 Å². The quantitative estimate of drug-likeness (QED) is 0.346. The second-order valence-corrected chi connectivity index (χ2v) is 12.8. The van der Waals surface area contributed by atoms with Crippen LogP contribution in [0, 0.1) is 0 Å². The maximum Gasteiger partial charge on any atom is 0.339 e. The number of hydrogen-bond donors (Lipinski definition) is 2. The Morgan fingerprint density at radius 1 is 1.15 bits per heavy atom. The Labute approximate surface area is 236 Å². The molecule has 1 aromatic rings. The van der Waals surface area contributed by atoms with Crippen molar-refractivity contribution < 1.29 is 38.7 Å². The molecule has 0 saturated carbocycles. The Hall–Kier alpha value is -2.62. The number of hydrogen-bond acceptors (Lipinski definition) is 9. The second-order valence-electron chi connectivity index (χ2n) is 12.8. The molecule has 40 heavy (non-hydrogen) atoms. The molecule has 5 rings (SSSR count). The van der Waals surface area contributed by atoms with Crippen LogP contribution >= 0.6 is 0 Å². The summed E-state index contributed by atoms with van der Waals surface area (Å²) in [6, 6.07) is 4.09. The van der Waals surface area contributed by atoms with Crippen molar-refractivity contribution in [2.45, 2.75) is 114 Å². The van der Waals surface area contributed by atoms with Gasteiger partial charge >= 0.3 is 11.9 Å². The SMILES string of the molecule is CC1=C[C@@]23CCCN2CCc2cc4c(cc2[C@@H]3C1OC(=O)[C@@](O)(CCCC(C)(C)O)CC(=O)OC(C)C)OCO4. The van der Waals surface area contributed by atoms with E-state index in [0.717, 1.165) is 54.8 Å². The van der Waals surface area contributed by atoms with Crippen LogP contribution in [0.1, 0.15) is 90.2 Å². The maximum atomic E-state index is 13.9. The summed E-state index contributed by atoms with van der Waals surface area (Å²) in [5.41, 5.74) is -0.200. The van der Waals surface area contributed by atoms with E-state index < -0.39 is 35.7 Å². The van der Waals surface area contributed by atoms with Gasteiger partial charge in [0.05, 0.1) is 23.7 Å². The Bertz CT molecular complexity index is 1190. The van der Waals surface area contributed by atoms with Crippen LogP contribution in [-0.4, -0.2) is 75.9 Å². The molecular formula is C31H43NO8. The maximum absolute atomic E-state index is 13.9. The molecule has 9 heteroatoms. The molecule has 2 N–H and O–H groups in total. The smallest absolute Gasteiger partial charge is 0.339 e. The van der Waals surface area contributed by atoms with Crippen LogP contribution in [0.4, 0.5) is 0 Å². The number of carbonyl (C=O) groups is 2. The third-order valence-corrected chi connectivity index (χ3v) is 8.78. The van der Waals surface area contributed by atoms with Crippen molar-refractivity contribution in [3.8, 4) is 11.5 Å². The lowest BCUT2D eigenvalue weighted by molar-refractivity contribution is -0.179. The number of fused-ring (bicyclic) bond motifs is 3. The van der Waals surface area contributed by atoms with Gasteiger partial charge in [-0.3, -0.25) is 9.69 Å². The lowest BCUT2D eigenvalue weighted by Gasteiger charge is -2.40. The van der Waals surface area contributed by atoms with Gasteiger partial charge in [0.25, 0.3) is 0 Å². The first-order valence-electron chi connectivity index (χ1n) is 14.5.